The van der Waals surface area contributed by atoms with Crippen LogP contribution in [-0.2, 0) is 11.3 Å². The minimum absolute atomic E-state index is 0.00947. The lowest BCUT2D eigenvalue weighted by Crippen LogP contribution is -2.46. The van der Waals surface area contributed by atoms with E-state index in [4.69, 9.17) is 0 Å². The van der Waals surface area contributed by atoms with Gasteiger partial charge in [0, 0.05) is 31.0 Å². The highest BCUT2D eigenvalue weighted by atomic mass is 32.2. The van der Waals surface area contributed by atoms with Crippen LogP contribution in [0.3, 0.4) is 0 Å². The van der Waals surface area contributed by atoms with Crippen LogP contribution in [0, 0.1) is 0 Å². The van der Waals surface area contributed by atoms with Crippen molar-refractivity contribution in [3.63, 3.8) is 0 Å². The Morgan fingerprint density at radius 3 is 2.76 bits per heavy atom. The van der Waals surface area contributed by atoms with Crippen LogP contribution in [0.1, 0.15) is 25.3 Å². The van der Waals surface area contributed by atoms with Crippen LogP contribution in [0.15, 0.2) is 29.2 Å². The number of rotatable bonds is 5. The summed E-state index contributed by atoms with van der Waals surface area (Å²) < 4.78 is 24.5. The highest BCUT2D eigenvalue weighted by Gasteiger charge is 2.20. The lowest BCUT2D eigenvalue weighted by molar-refractivity contribution is -0.120. The highest BCUT2D eigenvalue weighted by Crippen LogP contribution is 2.25. The summed E-state index contributed by atoms with van der Waals surface area (Å²) in [6, 6.07) is 7.48. The summed E-state index contributed by atoms with van der Waals surface area (Å²) in [5.74, 6) is -2.37. The average Bonchev–Trinajstić information content (AvgIpc) is 2.40. The fourth-order valence-corrected chi connectivity index (χ4v) is 3.14. The quantitative estimate of drug-likeness (QED) is 0.848. The minimum atomic E-state index is -2.38. The predicted molar refractivity (Wildman–Crippen MR) is 80.4 cm³/mol. The molecule has 0 aliphatic carbocycles. The van der Waals surface area contributed by atoms with E-state index in [2.05, 4.69) is 10.2 Å². The molecule has 1 saturated heterocycles. The Kier molecular flexibility index (Phi) is 5.99. The number of alkyl halides is 2. The number of carbonyl (C=O) groups excluding carboxylic acids is 1. The number of nitrogens with one attached hydrogen (secondary N) is 1. The summed E-state index contributed by atoms with van der Waals surface area (Å²) >= 11 is 0.566. The van der Waals surface area contributed by atoms with Gasteiger partial charge in [-0.25, -0.2) is 0 Å². The van der Waals surface area contributed by atoms with Crippen molar-refractivity contribution >= 4 is 17.7 Å². The Bertz CT molecular complexity index is 467. The van der Waals surface area contributed by atoms with E-state index in [0.29, 0.717) is 16.7 Å². The molecule has 1 aromatic rings. The van der Waals surface area contributed by atoms with Crippen LogP contribution < -0.4 is 5.32 Å². The Hall–Kier alpha value is -1.14. The van der Waals surface area contributed by atoms with E-state index < -0.39 is 5.76 Å². The van der Waals surface area contributed by atoms with Crippen LogP contribution in [0.5, 0.6) is 0 Å². The summed E-state index contributed by atoms with van der Waals surface area (Å²) in [4.78, 5) is 14.0. The van der Waals surface area contributed by atoms with E-state index in [9.17, 15) is 13.6 Å². The molecular weight excluding hydrogens is 294 g/mol. The first-order chi connectivity index (χ1) is 10.0. The second kappa shape index (κ2) is 7.75. The van der Waals surface area contributed by atoms with E-state index in [1.54, 1.807) is 19.1 Å². The average molecular weight is 314 g/mol. The van der Waals surface area contributed by atoms with Crippen LogP contribution in [-0.4, -0.2) is 35.7 Å². The molecule has 2 rings (SSSR count). The Morgan fingerprint density at radius 2 is 2.14 bits per heavy atom. The van der Waals surface area contributed by atoms with Crippen molar-refractivity contribution < 1.29 is 13.6 Å². The lowest BCUT2D eigenvalue weighted by Gasteiger charge is -2.33. The van der Waals surface area contributed by atoms with Crippen LogP contribution in [0.25, 0.3) is 0 Å². The molecule has 0 radical (unpaired) electrons. The molecular formula is C15H20F2N2OS. The maximum atomic E-state index is 12.3. The molecule has 1 fully saturated rings. The Morgan fingerprint density at radius 1 is 1.43 bits per heavy atom. The molecule has 21 heavy (non-hydrogen) atoms. The number of amides is 1. The van der Waals surface area contributed by atoms with E-state index in [0.717, 1.165) is 38.0 Å². The van der Waals surface area contributed by atoms with Crippen LogP contribution >= 0.6 is 11.8 Å². The monoisotopic (exact) mass is 314 g/mol. The van der Waals surface area contributed by atoms with Gasteiger partial charge in [0.2, 0.25) is 5.91 Å². The van der Waals surface area contributed by atoms with Crippen molar-refractivity contribution in [2.45, 2.75) is 43.0 Å². The molecule has 116 valence electrons. The number of thioether (sulfide) groups is 1. The number of halogens is 2. The van der Waals surface area contributed by atoms with Crippen LogP contribution in [0.2, 0.25) is 0 Å². The molecule has 1 aliphatic heterocycles. The number of carbonyl (C=O) groups is 1. The molecule has 1 heterocycles. The third-order valence-electron chi connectivity index (χ3n) is 3.47. The molecule has 0 spiro atoms. The normalized spacial score (nSPS) is 19.7. The van der Waals surface area contributed by atoms with Gasteiger partial charge in [0.15, 0.2) is 0 Å². The smallest absolute Gasteiger partial charge is 0.288 e. The van der Waals surface area contributed by atoms with E-state index in [1.165, 1.54) is 0 Å². The van der Waals surface area contributed by atoms with Crippen molar-refractivity contribution in [3.05, 3.63) is 29.8 Å². The Labute approximate surface area is 128 Å². The summed E-state index contributed by atoms with van der Waals surface area (Å²) in [6.45, 7) is 4.17. The van der Waals surface area contributed by atoms with Gasteiger partial charge in [-0.2, -0.15) is 8.78 Å². The molecule has 1 atom stereocenters. The molecule has 3 nitrogen and oxygen atoms in total. The van der Waals surface area contributed by atoms with Crippen molar-refractivity contribution in [1.82, 2.24) is 10.2 Å². The molecule has 1 N–H and O–H groups in total. The summed E-state index contributed by atoms with van der Waals surface area (Å²) in [6.07, 6.45) is 2.07. The van der Waals surface area contributed by atoms with Gasteiger partial charge in [-0.05, 0) is 37.1 Å². The molecule has 0 saturated carbocycles. The van der Waals surface area contributed by atoms with E-state index in [-0.39, 0.29) is 11.9 Å². The topological polar surface area (TPSA) is 32.3 Å². The standard InChI is InChI=1S/C15H20F2N2OS/c1-11(20)18-13-3-2-8-19(10-13)9-12-4-6-14(7-5-12)21-15(16)17/h4-7,13,15H,2-3,8-10H2,1H3,(H,18,20). The van der Waals surface area contributed by atoms with Crippen LogP contribution in [0.4, 0.5) is 8.78 Å². The van der Waals surface area contributed by atoms with Gasteiger partial charge in [-0.3, -0.25) is 9.69 Å². The number of nitrogens with zero attached hydrogens (tertiary/aromatic N) is 1. The number of hydrogen-bond acceptors (Lipinski definition) is 3. The van der Waals surface area contributed by atoms with Gasteiger partial charge < -0.3 is 5.32 Å². The number of benzene rings is 1. The largest absolute Gasteiger partial charge is 0.352 e. The molecule has 1 unspecified atom stereocenters. The molecule has 1 aliphatic rings. The molecule has 1 aromatic carbocycles. The summed E-state index contributed by atoms with van der Waals surface area (Å²) in [5.41, 5.74) is 1.11. The number of likely N-dealkylation sites (tertiary alicyclic amines) is 1. The third kappa shape index (κ3) is 5.63. The van der Waals surface area contributed by atoms with Crippen molar-refractivity contribution in [2.24, 2.45) is 0 Å². The maximum Gasteiger partial charge on any atom is 0.288 e. The van der Waals surface area contributed by atoms with Gasteiger partial charge in [0.1, 0.15) is 0 Å². The molecule has 1 amide bonds. The maximum absolute atomic E-state index is 12.3. The molecule has 0 aromatic heterocycles. The van der Waals surface area contributed by atoms with Crippen molar-refractivity contribution in [2.75, 3.05) is 13.1 Å². The summed E-state index contributed by atoms with van der Waals surface area (Å²) in [5, 5.41) is 2.96. The van der Waals surface area contributed by atoms with Gasteiger partial charge in [0.05, 0.1) is 0 Å². The van der Waals surface area contributed by atoms with Gasteiger partial charge in [-0.1, -0.05) is 23.9 Å². The zero-order valence-electron chi connectivity index (χ0n) is 12.0. The second-order valence-corrected chi connectivity index (χ2v) is 6.36. The first kappa shape index (κ1) is 16.2. The second-order valence-electron chi connectivity index (χ2n) is 5.30. The molecule has 0 bridgehead atoms. The van der Waals surface area contributed by atoms with Crippen molar-refractivity contribution in [3.8, 4) is 0 Å². The summed E-state index contributed by atoms with van der Waals surface area (Å²) in [7, 11) is 0. The number of piperidine rings is 1. The van der Waals surface area contributed by atoms with E-state index in [1.807, 2.05) is 12.1 Å². The third-order valence-corrected chi connectivity index (χ3v) is 4.19. The SMILES string of the molecule is CC(=O)NC1CCCN(Cc2ccc(SC(F)F)cc2)C1. The minimum Gasteiger partial charge on any atom is -0.352 e. The lowest BCUT2D eigenvalue weighted by atomic mass is 10.0. The first-order valence-corrected chi connectivity index (χ1v) is 7.94. The Balaban J connectivity index is 1.87. The number of hydrogen-bond donors (Lipinski definition) is 1. The zero-order chi connectivity index (χ0) is 15.2. The van der Waals surface area contributed by atoms with Crippen molar-refractivity contribution in [1.29, 1.82) is 0 Å². The predicted octanol–water partition coefficient (Wildman–Crippen LogP) is 3.10. The van der Waals surface area contributed by atoms with Gasteiger partial charge >= 0.3 is 0 Å². The first-order valence-electron chi connectivity index (χ1n) is 7.06. The van der Waals surface area contributed by atoms with Gasteiger partial charge in [-0.15, -0.1) is 0 Å². The fourth-order valence-electron chi connectivity index (χ4n) is 2.64. The van der Waals surface area contributed by atoms with E-state index >= 15 is 0 Å². The van der Waals surface area contributed by atoms with Gasteiger partial charge in [0.25, 0.3) is 5.76 Å². The fraction of sp³-hybridized carbons (Fsp3) is 0.533. The molecule has 6 heteroatoms. The zero-order valence-corrected chi connectivity index (χ0v) is 12.8. The highest BCUT2D eigenvalue weighted by molar-refractivity contribution is 7.99.